The van der Waals surface area contributed by atoms with Crippen molar-refractivity contribution in [1.82, 2.24) is 5.32 Å². The smallest absolute Gasteiger partial charge is 0.0933 e. The summed E-state index contributed by atoms with van der Waals surface area (Å²) in [5.41, 5.74) is 0. The normalized spacial score (nSPS) is 13.7. The summed E-state index contributed by atoms with van der Waals surface area (Å²) in [6.07, 6.45) is 0.942. The third-order valence-electron chi connectivity index (χ3n) is 1.19. The van der Waals surface area contributed by atoms with E-state index in [4.69, 9.17) is 9.84 Å². The molecule has 0 aromatic rings. The molecule has 0 fully saturated rings. The van der Waals surface area contributed by atoms with Gasteiger partial charge in [-0.1, -0.05) is 0 Å². The van der Waals surface area contributed by atoms with Crippen LogP contribution in [-0.4, -0.2) is 31.6 Å². The highest BCUT2D eigenvalue weighted by Gasteiger charge is 1.96. The molecular weight excluding hydrogens is 118 g/mol. The lowest BCUT2D eigenvalue weighted by Crippen LogP contribution is -2.27. The van der Waals surface area contributed by atoms with E-state index in [-0.39, 0.29) is 6.73 Å². The maximum atomic E-state index is 8.38. The van der Waals surface area contributed by atoms with Crippen LogP contribution in [0.2, 0.25) is 0 Å². The summed E-state index contributed by atoms with van der Waals surface area (Å²) in [5.74, 6) is 0. The molecule has 0 aromatic carbocycles. The molecule has 9 heavy (non-hydrogen) atoms. The van der Waals surface area contributed by atoms with Gasteiger partial charge in [-0.3, -0.25) is 5.32 Å². The number of ether oxygens (including phenoxy) is 1. The van der Waals surface area contributed by atoms with Gasteiger partial charge in [-0.2, -0.15) is 0 Å². The molecule has 0 saturated heterocycles. The average molecular weight is 133 g/mol. The first-order valence-corrected chi connectivity index (χ1v) is 3.14. The molecule has 0 aromatic heterocycles. The fourth-order valence-corrected chi connectivity index (χ4v) is 0.553. The van der Waals surface area contributed by atoms with E-state index in [2.05, 4.69) is 5.32 Å². The molecular formula is C6H15NO2. The Hall–Kier alpha value is -0.120. The van der Waals surface area contributed by atoms with Gasteiger partial charge < -0.3 is 9.84 Å². The maximum Gasteiger partial charge on any atom is 0.0933 e. The average Bonchev–Trinajstić information content (AvgIpc) is 1.85. The van der Waals surface area contributed by atoms with Gasteiger partial charge >= 0.3 is 0 Å². The molecule has 56 valence electrons. The van der Waals surface area contributed by atoms with E-state index in [1.54, 1.807) is 7.11 Å². The van der Waals surface area contributed by atoms with Crippen molar-refractivity contribution >= 4 is 0 Å². The molecule has 3 heteroatoms. The first-order chi connectivity index (χ1) is 4.31. The number of rotatable bonds is 5. The van der Waals surface area contributed by atoms with Gasteiger partial charge in [0.25, 0.3) is 0 Å². The highest BCUT2D eigenvalue weighted by molar-refractivity contribution is 4.55. The SMILES string of the molecule is COCCC(C)NCO. The van der Waals surface area contributed by atoms with Crippen LogP contribution in [0.3, 0.4) is 0 Å². The van der Waals surface area contributed by atoms with Gasteiger partial charge in [-0.15, -0.1) is 0 Å². The monoisotopic (exact) mass is 133 g/mol. The molecule has 0 spiro atoms. The fraction of sp³-hybridized carbons (Fsp3) is 1.00. The quantitative estimate of drug-likeness (QED) is 0.517. The summed E-state index contributed by atoms with van der Waals surface area (Å²) in [7, 11) is 1.67. The zero-order valence-electron chi connectivity index (χ0n) is 6.05. The van der Waals surface area contributed by atoms with Crippen LogP contribution >= 0.6 is 0 Å². The van der Waals surface area contributed by atoms with E-state index in [1.807, 2.05) is 6.92 Å². The molecule has 0 amide bonds. The third-order valence-corrected chi connectivity index (χ3v) is 1.19. The first-order valence-electron chi connectivity index (χ1n) is 3.14. The Labute approximate surface area is 56.0 Å². The third kappa shape index (κ3) is 5.76. The van der Waals surface area contributed by atoms with Gasteiger partial charge in [0, 0.05) is 19.8 Å². The molecule has 0 aliphatic rings. The highest BCUT2D eigenvalue weighted by Crippen LogP contribution is 1.88. The van der Waals surface area contributed by atoms with Gasteiger partial charge in [0.1, 0.15) is 0 Å². The molecule has 1 atom stereocenters. The summed E-state index contributed by atoms with van der Waals surface area (Å²) < 4.78 is 4.84. The lowest BCUT2D eigenvalue weighted by molar-refractivity contribution is 0.173. The highest BCUT2D eigenvalue weighted by atomic mass is 16.5. The van der Waals surface area contributed by atoms with Crippen LogP contribution in [0.25, 0.3) is 0 Å². The van der Waals surface area contributed by atoms with Crippen LogP contribution in [0.5, 0.6) is 0 Å². The molecule has 0 aliphatic carbocycles. The number of nitrogens with one attached hydrogen (secondary N) is 1. The zero-order valence-corrected chi connectivity index (χ0v) is 6.05. The van der Waals surface area contributed by atoms with Crippen molar-refractivity contribution in [2.45, 2.75) is 19.4 Å². The van der Waals surface area contributed by atoms with Crippen molar-refractivity contribution in [3.63, 3.8) is 0 Å². The van der Waals surface area contributed by atoms with E-state index in [0.29, 0.717) is 6.04 Å². The van der Waals surface area contributed by atoms with E-state index < -0.39 is 0 Å². The summed E-state index contributed by atoms with van der Waals surface area (Å²) >= 11 is 0. The van der Waals surface area contributed by atoms with Crippen molar-refractivity contribution in [2.24, 2.45) is 0 Å². The second-order valence-electron chi connectivity index (χ2n) is 2.04. The van der Waals surface area contributed by atoms with Gasteiger partial charge in [0.2, 0.25) is 0 Å². The van der Waals surface area contributed by atoms with Crippen LogP contribution in [0.15, 0.2) is 0 Å². The molecule has 0 saturated carbocycles. The standard InChI is InChI=1S/C6H15NO2/c1-6(7-5-8)3-4-9-2/h6-8H,3-5H2,1-2H3. The zero-order chi connectivity index (χ0) is 7.11. The van der Waals surface area contributed by atoms with Crippen molar-refractivity contribution in [3.05, 3.63) is 0 Å². The predicted molar refractivity (Wildman–Crippen MR) is 36.2 cm³/mol. The molecule has 0 heterocycles. The van der Waals surface area contributed by atoms with Crippen LogP contribution in [0.4, 0.5) is 0 Å². The Morgan fingerprint density at radius 2 is 2.33 bits per heavy atom. The van der Waals surface area contributed by atoms with Crippen molar-refractivity contribution in [2.75, 3.05) is 20.4 Å². The minimum atomic E-state index is 0.0465. The van der Waals surface area contributed by atoms with E-state index in [9.17, 15) is 0 Å². The van der Waals surface area contributed by atoms with Gasteiger partial charge in [-0.05, 0) is 13.3 Å². The largest absolute Gasteiger partial charge is 0.385 e. The minimum Gasteiger partial charge on any atom is -0.385 e. The Kier molecular flexibility index (Phi) is 5.93. The van der Waals surface area contributed by atoms with Gasteiger partial charge in [0.05, 0.1) is 6.73 Å². The van der Waals surface area contributed by atoms with Gasteiger partial charge in [0.15, 0.2) is 0 Å². The van der Waals surface area contributed by atoms with Crippen LogP contribution in [0.1, 0.15) is 13.3 Å². The minimum absolute atomic E-state index is 0.0465. The molecule has 0 rings (SSSR count). The van der Waals surface area contributed by atoms with Gasteiger partial charge in [-0.25, -0.2) is 0 Å². The number of hydrogen-bond donors (Lipinski definition) is 2. The number of hydrogen-bond acceptors (Lipinski definition) is 3. The number of aliphatic hydroxyl groups excluding tert-OH is 1. The number of methoxy groups -OCH3 is 1. The van der Waals surface area contributed by atoms with Crippen LogP contribution in [-0.2, 0) is 4.74 Å². The molecule has 1 unspecified atom stereocenters. The summed E-state index contributed by atoms with van der Waals surface area (Å²) in [6.45, 7) is 2.80. The molecule has 3 nitrogen and oxygen atoms in total. The molecule has 2 N–H and O–H groups in total. The molecule has 0 aliphatic heterocycles. The van der Waals surface area contributed by atoms with Crippen LogP contribution < -0.4 is 5.32 Å². The van der Waals surface area contributed by atoms with E-state index in [0.717, 1.165) is 13.0 Å². The fourth-order valence-electron chi connectivity index (χ4n) is 0.553. The number of aliphatic hydroxyl groups is 1. The second-order valence-corrected chi connectivity index (χ2v) is 2.04. The Bertz CT molecular complexity index is 59.0. The maximum absolute atomic E-state index is 8.38. The lowest BCUT2D eigenvalue weighted by Gasteiger charge is -2.09. The molecule has 0 radical (unpaired) electrons. The second kappa shape index (κ2) is 6.01. The molecule has 0 bridgehead atoms. The lowest BCUT2D eigenvalue weighted by atomic mass is 10.2. The predicted octanol–water partition coefficient (Wildman–Crippen LogP) is -0.0492. The summed E-state index contributed by atoms with van der Waals surface area (Å²) in [5, 5.41) is 11.2. The Balaban J connectivity index is 2.95. The Morgan fingerprint density at radius 1 is 1.67 bits per heavy atom. The van der Waals surface area contributed by atoms with Crippen molar-refractivity contribution in [1.29, 1.82) is 0 Å². The topological polar surface area (TPSA) is 41.5 Å². The van der Waals surface area contributed by atoms with E-state index in [1.165, 1.54) is 0 Å². The summed E-state index contributed by atoms with van der Waals surface area (Å²) in [6, 6.07) is 0.343. The first kappa shape index (κ1) is 8.88. The van der Waals surface area contributed by atoms with E-state index >= 15 is 0 Å². The van der Waals surface area contributed by atoms with Crippen LogP contribution in [0, 0.1) is 0 Å². The summed E-state index contributed by atoms with van der Waals surface area (Å²) in [4.78, 5) is 0. The van der Waals surface area contributed by atoms with Crippen molar-refractivity contribution in [3.8, 4) is 0 Å². The Morgan fingerprint density at radius 3 is 2.78 bits per heavy atom. The van der Waals surface area contributed by atoms with Crippen molar-refractivity contribution < 1.29 is 9.84 Å².